The zero-order valence-corrected chi connectivity index (χ0v) is 14.5. The highest BCUT2D eigenvalue weighted by Crippen LogP contribution is 2.41. The van der Waals surface area contributed by atoms with Gasteiger partial charge in [0.15, 0.2) is 0 Å². The topological polar surface area (TPSA) is 63.4 Å². The van der Waals surface area contributed by atoms with Crippen LogP contribution in [0.2, 0.25) is 10.0 Å². The van der Waals surface area contributed by atoms with Gasteiger partial charge in [-0.05, 0) is 36.8 Å². The second-order valence-electron chi connectivity index (χ2n) is 5.61. The van der Waals surface area contributed by atoms with Crippen molar-refractivity contribution in [2.75, 3.05) is 18.8 Å². The molecule has 0 saturated carbocycles. The average molecular weight is 351 g/mol. The molecule has 0 radical (unpaired) electrons. The maximum Gasteiger partial charge on any atom is 0.246 e. The van der Waals surface area contributed by atoms with E-state index in [9.17, 15) is 8.42 Å². The minimum atomic E-state index is -3.69. The van der Waals surface area contributed by atoms with E-state index < -0.39 is 10.0 Å². The molecule has 2 N–H and O–H groups in total. The van der Waals surface area contributed by atoms with Crippen LogP contribution in [0.3, 0.4) is 0 Å². The number of nitrogen functional groups attached to an aromatic ring is 1. The molecule has 1 aliphatic heterocycles. The molecule has 1 heterocycles. The van der Waals surface area contributed by atoms with Gasteiger partial charge in [-0.15, -0.1) is 0 Å². The second-order valence-corrected chi connectivity index (χ2v) is 8.30. The quantitative estimate of drug-likeness (QED) is 0.840. The lowest BCUT2D eigenvalue weighted by Crippen LogP contribution is -2.32. The van der Waals surface area contributed by atoms with Crippen LogP contribution in [0.1, 0.15) is 33.1 Å². The van der Waals surface area contributed by atoms with Crippen molar-refractivity contribution in [1.82, 2.24) is 4.31 Å². The van der Waals surface area contributed by atoms with Crippen LogP contribution in [-0.4, -0.2) is 25.8 Å². The number of nitrogens with zero attached hydrogens (tertiary/aromatic N) is 1. The molecule has 0 spiro atoms. The fraction of sp³-hybridized carbons (Fsp3) is 0.571. The van der Waals surface area contributed by atoms with Crippen molar-refractivity contribution in [3.8, 4) is 0 Å². The van der Waals surface area contributed by atoms with Gasteiger partial charge >= 0.3 is 0 Å². The molecule has 21 heavy (non-hydrogen) atoms. The van der Waals surface area contributed by atoms with Gasteiger partial charge in [0.1, 0.15) is 4.90 Å². The number of sulfonamides is 1. The van der Waals surface area contributed by atoms with Crippen molar-refractivity contribution >= 4 is 38.9 Å². The first-order valence-corrected chi connectivity index (χ1v) is 9.20. The van der Waals surface area contributed by atoms with Gasteiger partial charge in [-0.3, -0.25) is 0 Å². The van der Waals surface area contributed by atoms with Crippen molar-refractivity contribution in [3.63, 3.8) is 0 Å². The fourth-order valence-corrected chi connectivity index (χ4v) is 5.61. The molecular formula is C14H20Cl2N2O2S. The van der Waals surface area contributed by atoms with Crippen LogP contribution < -0.4 is 5.73 Å². The van der Waals surface area contributed by atoms with Crippen LogP contribution in [-0.2, 0) is 10.0 Å². The van der Waals surface area contributed by atoms with Gasteiger partial charge in [-0.2, -0.15) is 4.31 Å². The summed E-state index contributed by atoms with van der Waals surface area (Å²) in [7, 11) is -3.69. The van der Waals surface area contributed by atoms with E-state index in [4.69, 9.17) is 28.9 Å². The van der Waals surface area contributed by atoms with Gasteiger partial charge in [-0.1, -0.05) is 37.0 Å². The number of rotatable bonds is 4. The number of nitrogens with two attached hydrogens (primary N) is 1. The summed E-state index contributed by atoms with van der Waals surface area (Å²) in [5.41, 5.74) is 6.04. The Morgan fingerprint density at radius 1 is 1.24 bits per heavy atom. The summed E-state index contributed by atoms with van der Waals surface area (Å²) >= 11 is 12.1. The van der Waals surface area contributed by atoms with E-state index in [2.05, 4.69) is 13.8 Å². The van der Waals surface area contributed by atoms with Gasteiger partial charge in [-0.25, -0.2) is 8.42 Å². The normalized spacial score (nSPS) is 19.0. The molecule has 0 aromatic heterocycles. The van der Waals surface area contributed by atoms with E-state index in [1.807, 2.05) is 0 Å². The maximum atomic E-state index is 12.8. The molecule has 0 aliphatic carbocycles. The molecule has 4 nitrogen and oxygen atoms in total. The van der Waals surface area contributed by atoms with E-state index >= 15 is 0 Å². The van der Waals surface area contributed by atoms with E-state index in [0.717, 1.165) is 19.3 Å². The smallest absolute Gasteiger partial charge is 0.246 e. The third-order valence-corrected chi connectivity index (χ3v) is 7.29. The predicted octanol–water partition coefficient (Wildman–Crippen LogP) is 3.78. The summed E-state index contributed by atoms with van der Waals surface area (Å²) in [5.74, 6) is 0. The zero-order valence-electron chi connectivity index (χ0n) is 12.2. The second kappa shape index (κ2) is 5.95. The van der Waals surface area contributed by atoms with E-state index in [-0.39, 0.29) is 20.4 Å². The molecule has 118 valence electrons. The van der Waals surface area contributed by atoms with Crippen LogP contribution in [0.25, 0.3) is 0 Å². The Kier molecular flexibility index (Phi) is 4.78. The summed E-state index contributed by atoms with van der Waals surface area (Å²) in [4.78, 5) is -0.0389. The molecule has 0 unspecified atom stereocenters. The molecule has 1 aliphatic rings. The van der Waals surface area contributed by atoms with Crippen LogP contribution in [0.15, 0.2) is 17.0 Å². The Labute approximate surface area is 136 Å². The first-order chi connectivity index (χ1) is 9.75. The molecule has 0 bridgehead atoms. The Bertz CT molecular complexity index is 619. The molecule has 1 fully saturated rings. The summed E-state index contributed by atoms with van der Waals surface area (Å²) < 4.78 is 27.1. The summed E-state index contributed by atoms with van der Waals surface area (Å²) in [6, 6.07) is 2.84. The monoisotopic (exact) mass is 350 g/mol. The number of halogens is 2. The lowest BCUT2D eigenvalue weighted by molar-refractivity contribution is 0.279. The molecule has 1 aromatic carbocycles. The number of hydrogen-bond acceptors (Lipinski definition) is 3. The van der Waals surface area contributed by atoms with Gasteiger partial charge in [0.2, 0.25) is 10.0 Å². The first-order valence-electron chi connectivity index (χ1n) is 7.00. The molecule has 0 atom stereocenters. The molecular weight excluding hydrogens is 331 g/mol. The zero-order chi connectivity index (χ0) is 15.8. The van der Waals surface area contributed by atoms with Gasteiger partial charge in [0, 0.05) is 18.8 Å². The van der Waals surface area contributed by atoms with Crippen LogP contribution in [0.5, 0.6) is 0 Å². The van der Waals surface area contributed by atoms with E-state index in [1.165, 1.54) is 16.4 Å². The largest absolute Gasteiger partial charge is 0.399 e. The van der Waals surface area contributed by atoms with Crippen molar-refractivity contribution in [1.29, 1.82) is 0 Å². The standard InChI is InChI=1S/C14H20Cl2N2O2S/c1-3-14(4-2)5-6-18(9-14)21(19,20)13-11(15)7-10(17)8-12(13)16/h7-8H,3-6,9,17H2,1-2H3. The number of hydrogen-bond donors (Lipinski definition) is 1. The van der Waals surface area contributed by atoms with Crippen LogP contribution >= 0.6 is 23.2 Å². The van der Waals surface area contributed by atoms with Crippen LogP contribution in [0.4, 0.5) is 5.69 Å². The molecule has 0 amide bonds. The van der Waals surface area contributed by atoms with Gasteiger partial charge in [0.05, 0.1) is 10.0 Å². The van der Waals surface area contributed by atoms with Gasteiger partial charge < -0.3 is 5.73 Å². The Balaban J connectivity index is 2.41. The number of anilines is 1. The lowest BCUT2D eigenvalue weighted by Gasteiger charge is -2.26. The molecule has 1 aromatic rings. The fourth-order valence-electron chi connectivity index (χ4n) is 2.88. The van der Waals surface area contributed by atoms with Crippen molar-refractivity contribution in [3.05, 3.63) is 22.2 Å². The summed E-state index contributed by atoms with van der Waals surface area (Å²) in [5, 5.41) is 0.149. The predicted molar refractivity (Wildman–Crippen MR) is 87.3 cm³/mol. The highest BCUT2D eigenvalue weighted by atomic mass is 35.5. The van der Waals surface area contributed by atoms with Gasteiger partial charge in [0.25, 0.3) is 0 Å². The molecule has 2 rings (SSSR count). The van der Waals surface area contributed by atoms with E-state index in [1.54, 1.807) is 0 Å². The summed E-state index contributed by atoms with van der Waals surface area (Å²) in [6.45, 7) is 5.21. The lowest BCUT2D eigenvalue weighted by atomic mass is 9.82. The third-order valence-electron chi connectivity index (χ3n) is 4.52. The maximum absolute atomic E-state index is 12.8. The third kappa shape index (κ3) is 3.02. The highest BCUT2D eigenvalue weighted by Gasteiger charge is 2.41. The Hall–Kier alpha value is -0.490. The summed E-state index contributed by atoms with van der Waals surface area (Å²) in [6.07, 6.45) is 2.78. The SMILES string of the molecule is CCC1(CC)CCN(S(=O)(=O)c2c(Cl)cc(N)cc2Cl)C1. The van der Waals surface area contributed by atoms with Crippen molar-refractivity contribution in [2.24, 2.45) is 5.41 Å². The Morgan fingerprint density at radius 2 is 1.76 bits per heavy atom. The van der Waals surface area contributed by atoms with E-state index in [0.29, 0.717) is 18.8 Å². The highest BCUT2D eigenvalue weighted by molar-refractivity contribution is 7.89. The minimum absolute atomic E-state index is 0.0389. The minimum Gasteiger partial charge on any atom is -0.399 e. The van der Waals surface area contributed by atoms with Crippen LogP contribution in [0, 0.1) is 5.41 Å². The number of benzene rings is 1. The molecule has 1 saturated heterocycles. The average Bonchev–Trinajstić information content (AvgIpc) is 2.83. The Morgan fingerprint density at radius 3 is 2.19 bits per heavy atom. The molecule has 7 heteroatoms. The first kappa shape index (κ1) is 16.9. The van der Waals surface area contributed by atoms with Crippen molar-refractivity contribution < 1.29 is 8.42 Å². The van der Waals surface area contributed by atoms with Crippen molar-refractivity contribution in [2.45, 2.75) is 38.0 Å².